The summed E-state index contributed by atoms with van der Waals surface area (Å²) in [6.45, 7) is 3.58. The van der Waals surface area contributed by atoms with Crippen LogP contribution in [0.25, 0.3) is 0 Å². The minimum Gasteiger partial charge on any atom is -0.339 e. The van der Waals surface area contributed by atoms with E-state index in [-0.39, 0.29) is 11.8 Å². The Morgan fingerprint density at radius 1 is 1.57 bits per heavy atom. The second kappa shape index (κ2) is 6.39. The second-order valence-corrected chi connectivity index (χ2v) is 6.31. The number of thiophene rings is 1. The average molecular weight is 305 g/mol. The number of piperidine rings is 1. The van der Waals surface area contributed by atoms with E-state index in [4.69, 9.17) is 4.52 Å². The van der Waals surface area contributed by atoms with Crippen molar-refractivity contribution in [3.63, 3.8) is 0 Å². The monoisotopic (exact) mass is 305 g/mol. The van der Waals surface area contributed by atoms with Gasteiger partial charge in [-0.2, -0.15) is 4.98 Å². The molecule has 0 aliphatic carbocycles. The Balaban J connectivity index is 1.69. The lowest BCUT2D eigenvalue weighted by atomic mass is 9.98. The molecular weight excluding hydrogens is 286 g/mol. The lowest BCUT2D eigenvalue weighted by Gasteiger charge is -2.30. The van der Waals surface area contributed by atoms with Gasteiger partial charge in [-0.25, -0.2) is 0 Å². The smallest absolute Gasteiger partial charge is 0.263 e. The summed E-state index contributed by atoms with van der Waals surface area (Å²) in [4.78, 5) is 19.6. The van der Waals surface area contributed by atoms with E-state index in [2.05, 4.69) is 17.1 Å². The molecule has 2 aromatic rings. The van der Waals surface area contributed by atoms with Gasteiger partial charge in [0.05, 0.1) is 10.8 Å². The molecule has 0 saturated carbocycles. The molecule has 1 atom stereocenters. The molecule has 3 heterocycles. The minimum atomic E-state index is 0.114. The van der Waals surface area contributed by atoms with Gasteiger partial charge in [0.15, 0.2) is 5.82 Å². The SMILES string of the molecule is CCCc1noc([C@@H]2CCCN(C(=O)c3cccs3)C2)n1. The van der Waals surface area contributed by atoms with Crippen LogP contribution in [0.15, 0.2) is 22.0 Å². The fraction of sp³-hybridized carbons (Fsp3) is 0.533. The molecule has 1 saturated heterocycles. The molecule has 5 nitrogen and oxygen atoms in total. The summed E-state index contributed by atoms with van der Waals surface area (Å²) in [5.41, 5.74) is 0. The molecule has 0 aromatic carbocycles. The molecule has 0 N–H and O–H groups in total. The first-order valence-electron chi connectivity index (χ1n) is 7.43. The largest absolute Gasteiger partial charge is 0.339 e. The maximum atomic E-state index is 12.4. The van der Waals surface area contributed by atoms with E-state index in [9.17, 15) is 4.79 Å². The lowest BCUT2D eigenvalue weighted by molar-refractivity contribution is 0.0700. The zero-order valence-corrected chi connectivity index (χ0v) is 12.9. The van der Waals surface area contributed by atoms with E-state index in [0.717, 1.165) is 42.9 Å². The van der Waals surface area contributed by atoms with Crippen LogP contribution in [0, 0.1) is 0 Å². The molecule has 21 heavy (non-hydrogen) atoms. The van der Waals surface area contributed by atoms with Gasteiger partial charge < -0.3 is 9.42 Å². The van der Waals surface area contributed by atoms with Crippen molar-refractivity contribution in [1.82, 2.24) is 15.0 Å². The van der Waals surface area contributed by atoms with Crippen LogP contribution < -0.4 is 0 Å². The number of likely N-dealkylation sites (tertiary alicyclic amines) is 1. The number of hydrogen-bond donors (Lipinski definition) is 0. The third kappa shape index (κ3) is 3.15. The summed E-state index contributed by atoms with van der Waals surface area (Å²) in [6, 6.07) is 3.79. The Bertz CT molecular complexity index is 594. The van der Waals surface area contributed by atoms with Gasteiger partial charge in [0.2, 0.25) is 5.89 Å². The summed E-state index contributed by atoms with van der Waals surface area (Å²) in [7, 11) is 0. The van der Waals surface area contributed by atoms with Crippen molar-refractivity contribution in [2.24, 2.45) is 0 Å². The van der Waals surface area contributed by atoms with Crippen LogP contribution in [0.4, 0.5) is 0 Å². The van der Waals surface area contributed by atoms with Crippen molar-refractivity contribution < 1.29 is 9.32 Å². The number of carbonyl (C=O) groups excluding carboxylic acids is 1. The van der Waals surface area contributed by atoms with Crippen LogP contribution in [0.2, 0.25) is 0 Å². The van der Waals surface area contributed by atoms with Crippen molar-refractivity contribution in [2.45, 2.75) is 38.5 Å². The molecule has 0 spiro atoms. The summed E-state index contributed by atoms with van der Waals surface area (Å²) in [5.74, 6) is 1.74. The van der Waals surface area contributed by atoms with E-state index < -0.39 is 0 Å². The molecule has 1 aliphatic rings. The highest BCUT2D eigenvalue weighted by Crippen LogP contribution is 2.27. The number of carbonyl (C=O) groups is 1. The normalized spacial score (nSPS) is 18.9. The molecule has 2 aromatic heterocycles. The molecule has 3 rings (SSSR count). The van der Waals surface area contributed by atoms with Crippen molar-refractivity contribution in [3.8, 4) is 0 Å². The van der Waals surface area contributed by atoms with Gasteiger partial charge >= 0.3 is 0 Å². The molecule has 1 fully saturated rings. The van der Waals surface area contributed by atoms with E-state index >= 15 is 0 Å². The van der Waals surface area contributed by atoms with Gasteiger partial charge in [-0.05, 0) is 30.7 Å². The quantitative estimate of drug-likeness (QED) is 0.871. The highest BCUT2D eigenvalue weighted by molar-refractivity contribution is 7.12. The van der Waals surface area contributed by atoms with E-state index in [1.807, 2.05) is 22.4 Å². The van der Waals surface area contributed by atoms with Crippen LogP contribution in [-0.2, 0) is 6.42 Å². The fourth-order valence-corrected chi connectivity index (χ4v) is 3.37. The standard InChI is InChI=1S/C15H19N3O2S/c1-2-5-13-16-14(20-17-13)11-6-3-8-18(10-11)15(19)12-7-4-9-21-12/h4,7,9,11H,2-3,5-6,8,10H2,1H3/t11-/m1/s1. The topological polar surface area (TPSA) is 59.2 Å². The van der Waals surface area contributed by atoms with Gasteiger partial charge in [0.25, 0.3) is 5.91 Å². The van der Waals surface area contributed by atoms with Gasteiger partial charge in [0, 0.05) is 19.5 Å². The van der Waals surface area contributed by atoms with E-state index in [0.29, 0.717) is 12.4 Å². The molecule has 0 bridgehead atoms. The molecular formula is C15H19N3O2S. The number of rotatable bonds is 4. The predicted octanol–water partition coefficient (Wildman–Crippen LogP) is 3.10. The summed E-state index contributed by atoms with van der Waals surface area (Å²) >= 11 is 1.49. The molecule has 112 valence electrons. The number of amides is 1. The van der Waals surface area contributed by atoms with Crippen LogP contribution in [-0.4, -0.2) is 34.0 Å². The van der Waals surface area contributed by atoms with Crippen molar-refractivity contribution >= 4 is 17.2 Å². The highest BCUT2D eigenvalue weighted by Gasteiger charge is 2.29. The van der Waals surface area contributed by atoms with Gasteiger partial charge in [-0.1, -0.05) is 18.1 Å². The van der Waals surface area contributed by atoms with E-state index in [1.165, 1.54) is 11.3 Å². The Hall–Kier alpha value is -1.69. The second-order valence-electron chi connectivity index (χ2n) is 5.37. The molecule has 0 unspecified atom stereocenters. The van der Waals surface area contributed by atoms with Crippen LogP contribution in [0.1, 0.15) is 53.5 Å². The Morgan fingerprint density at radius 2 is 2.48 bits per heavy atom. The van der Waals surface area contributed by atoms with Crippen molar-refractivity contribution in [1.29, 1.82) is 0 Å². The van der Waals surface area contributed by atoms with Gasteiger partial charge in [-0.3, -0.25) is 4.79 Å². The Kier molecular flexibility index (Phi) is 4.34. The molecule has 1 amide bonds. The highest BCUT2D eigenvalue weighted by atomic mass is 32.1. The minimum absolute atomic E-state index is 0.114. The summed E-state index contributed by atoms with van der Waals surface area (Å²) < 4.78 is 5.38. The third-order valence-electron chi connectivity index (χ3n) is 3.75. The average Bonchev–Trinajstić information content (AvgIpc) is 3.18. The maximum Gasteiger partial charge on any atom is 0.263 e. The van der Waals surface area contributed by atoms with Gasteiger partial charge in [0.1, 0.15) is 0 Å². The van der Waals surface area contributed by atoms with Crippen molar-refractivity contribution in [3.05, 3.63) is 34.1 Å². The third-order valence-corrected chi connectivity index (χ3v) is 4.61. The van der Waals surface area contributed by atoms with Gasteiger partial charge in [-0.15, -0.1) is 11.3 Å². The Morgan fingerprint density at radius 3 is 3.24 bits per heavy atom. The van der Waals surface area contributed by atoms with Crippen LogP contribution in [0.5, 0.6) is 0 Å². The Labute approximate surface area is 128 Å². The first-order valence-corrected chi connectivity index (χ1v) is 8.31. The fourth-order valence-electron chi connectivity index (χ4n) is 2.68. The summed E-state index contributed by atoms with van der Waals surface area (Å²) in [5, 5.41) is 5.95. The zero-order chi connectivity index (χ0) is 14.7. The lowest BCUT2D eigenvalue weighted by Crippen LogP contribution is -2.38. The number of aryl methyl sites for hydroxylation is 1. The number of nitrogens with zero attached hydrogens (tertiary/aromatic N) is 3. The maximum absolute atomic E-state index is 12.4. The van der Waals surface area contributed by atoms with Crippen LogP contribution >= 0.6 is 11.3 Å². The zero-order valence-electron chi connectivity index (χ0n) is 12.1. The molecule has 0 radical (unpaired) electrons. The van der Waals surface area contributed by atoms with Crippen LogP contribution in [0.3, 0.4) is 0 Å². The summed E-state index contributed by atoms with van der Waals surface area (Å²) in [6.07, 6.45) is 3.83. The first-order chi connectivity index (χ1) is 10.3. The predicted molar refractivity (Wildman–Crippen MR) is 80.5 cm³/mol. The van der Waals surface area contributed by atoms with Crippen molar-refractivity contribution in [2.75, 3.05) is 13.1 Å². The number of aromatic nitrogens is 2. The molecule has 1 aliphatic heterocycles. The number of hydrogen-bond acceptors (Lipinski definition) is 5. The first kappa shape index (κ1) is 14.3. The molecule has 6 heteroatoms. The van der Waals surface area contributed by atoms with E-state index in [1.54, 1.807) is 0 Å².